The number of alkyl halides is 2. The van der Waals surface area contributed by atoms with Crippen LogP contribution in [0.2, 0.25) is 0 Å². The van der Waals surface area contributed by atoms with E-state index in [-0.39, 0.29) is 36.6 Å². The number of hydrogen-bond acceptors (Lipinski definition) is 4. The Morgan fingerprint density at radius 2 is 1.40 bits per heavy atom. The summed E-state index contributed by atoms with van der Waals surface area (Å²) in [6, 6.07) is 6.00. The van der Waals surface area contributed by atoms with Crippen LogP contribution in [-0.4, -0.2) is 32.0 Å². The summed E-state index contributed by atoms with van der Waals surface area (Å²) in [5.41, 5.74) is 1.30. The minimum atomic E-state index is -3.63. The molecule has 0 spiro atoms. The van der Waals surface area contributed by atoms with Gasteiger partial charge in [-0.1, -0.05) is 18.2 Å². The van der Waals surface area contributed by atoms with Crippen molar-refractivity contribution < 1.29 is 45.3 Å². The molecule has 1 heterocycles. The summed E-state index contributed by atoms with van der Waals surface area (Å²) in [6.45, 7) is 4.73. The quantitative estimate of drug-likeness (QED) is 0.165. The Labute approximate surface area is 242 Å². The Kier molecular flexibility index (Phi) is 9.84. The highest BCUT2D eigenvalue weighted by atomic mass is 19.3. The van der Waals surface area contributed by atoms with Gasteiger partial charge in [0.15, 0.2) is 23.7 Å². The predicted molar refractivity (Wildman–Crippen MR) is 143 cm³/mol. The molecule has 2 aromatic carbocycles. The second-order valence-corrected chi connectivity index (χ2v) is 11.6. The molecule has 0 amide bonds. The minimum absolute atomic E-state index is 0.0887. The van der Waals surface area contributed by atoms with Gasteiger partial charge in [-0.05, 0) is 80.8 Å². The molecule has 1 saturated heterocycles. The van der Waals surface area contributed by atoms with Crippen LogP contribution in [0.15, 0.2) is 43.0 Å². The van der Waals surface area contributed by atoms with Crippen LogP contribution in [-0.2, 0) is 14.2 Å². The van der Waals surface area contributed by atoms with Gasteiger partial charge in [-0.3, -0.25) is 0 Å². The van der Waals surface area contributed by atoms with E-state index in [2.05, 4.69) is 11.3 Å². The van der Waals surface area contributed by atoms with Crippen LogP contribution in [0, 0.1) is 41.0 Å². The van der Waals surface area contributed by atoms with Gasteiger partial charge in [-0.15, -0.1) is 6.58 Å². The lowest BCUT2D eigenvalue weighted by atomic mass is 9.68. The summed E-state index contributed by atoms with van der Waals surface area (Å²) in [5, 5.41) is 0. The highest BCUT2D eigenvalue weighted by Gasteiger charge is 2.45. The Bertz CT molecular complexity index is 1190. The van der Waals surface area contributed by atoms with Crippen molar-refractivity contribution in [1.29, 1.82) is 0 Å². The van der Waals surface area contributed by atoms with Crippen molar-refractivity contribution in [3.8, 4) is 5.75 Å². The fourth-order valence-electron chi connectivity index (χ4n) is 6.66. The first-order valence-corrected chi connectivity index (χ1v) is 14.6. The summed E-state index contributed by atoms with van der Waals surface area (Å²) in [6.07, 6.45) is 2.24. The smallest absolute Gasteiger partial charge is 0.400 e. The topological polar surface area (TPSA) is 36.9 Å². The lowest BCUT2D eigenvalue weighted by Gasteiger charge is -2.39. The first-order chi connectivity index (χ1) is 20.1. The molecule has 0 N–H and O–H groups in total. The maximum atomic E-state index is 15.2. The van der Waals surface area contributed by atoms with E-state index in [4.69, 9.17) is 14.2 Å². The number of ether oxygens (including phenoxy) is 4. The molecule has 0 unspecified atom stereocenters. The van der Waals surface area contributed by atoms with E-state index < -0.39 is 41.5 Å². The molecule has 2 aromatic rings. The third-order valence-electron chi connectivity index (χ3n) is 8.95. The second-order valence-electron chi connectivity index (χ2n) is 11.6. The zero-order valence-corrected chi connectivity index (χ0v) is 23.3. The van der Waals surface area contributed by atoms with E-state index in [1.165, 1.54) is 6.07 Å². The monoisotopic (exact) mass is 598 g/mol. The molecule has 1 aliphatic heterocycles. The molecule has 5 rings (SSSR count). The van der Waals surface area contributed by atoms with Gasteiger partial charge in [0, 0.05) is 17.7 Å². The molecule has 2 aliphatic carbocycles. The standard InChI is InChI=1S/C32H36F6O4/c1-2-13-39-25-17-40-31(41-18-25)22-9-12-26(27(33)14-22)21-5-3-19(4-6-21)20-7-10-23(11-8-20)32(37,38)42-24-15-28(34)30(36)29(35)16-24/h2,9,12,14-16,19-21,23,25,31H,1,3-8,10-11,13,17-18H2. The summed E-state index contributed by atoms with van der Waals surface area (Å²) >= 11 is 0. The second kappa shape index (κ2) is 13.4. The van der Waals surface area contributed by atoms with E-state index in [1.54, 1.807) is 6.08 Å². The predicted octanol–water partition coefficient (Wildman–Crippen LogP) is 8.61. The average Bonchev–Trinajstić information content (AvgIpc) is 2.99. The maximum absolute atomic E-state index is 15.2. The summed E-state index contributed by atoms with van der Waals surface area (Å²) in [4.78, 5) is 0. The minimum Gasteiger partial charge on any atom is -0.432 e. The third-order valence-corrected chi connectivity index (χ3v) is 8.95. The molecule has 230 valence electrons. The van der Waals surface area contributed by atoms with Gasteiger partial charge in [0.25, 0.3) is 0 Å². The van der Waals surface area contributed by atoms with Crippen LogP contribution < -0.4 is 4.74 Å². The summed E-state index contributed by atoms with van der Waals surface area (Å²) in [5.74, 6) is -6.25. The van der Waals surface area contributed by atoms with Gasteiger partial charge in [-0.2, -0.15) is 8.78 Å². The first kappa shape index (κ1) is 30.9. The lowest BCUT2D eigenvalue weighted by Crippen LogP contribution is -2.38. The molecule has 10 heteroatoms. The SMILES string of the molecule is C=CCOC1COC(c2ccc(C3CCC(C4CCC(C(F)(F)Oc5cc(F)c(F)c(F)c5)CC4)CC3)c(F)c2)OC1. The lowest BCUT2D eigenvalue weighted by molar-refractivity contribution is -0.228. The first-order valence-electron chi connectivity index (χ1n) is 14.6. The van der Waals surface area contributed by atoms with Gasteiger partial charge in [0.1, 0.15) is 17.7 Å². The molecular weight excluding hydrogens is 562 g/mol. The number of hydrogen-bond donors (Lipinski definition) is 0. The molecule has 0 aromatic heterocycles. The van der Waals surface area contributed by atoms with Crippen molar-refractivity contribution in [1.82, 2.24) is 0 Å². The zero-order chi connectivity index (χ0) is 29.9. The Balaban J connectivity index is 1.09. The van der Waals surface area contributed by atoms with Crippen molar-refractivity contribution in [2.75, 3.05) is 19.8 Å². The molecule has 3 aliphatic rings. The van der Waals surface area contributed by atoms with Crippen LogP contribution in [0.1, 0.15) is 74.7 Å². The van der Waals surface area contributed by atoms with Gasteiger partial charge in [0.2, 0.25) is 0 Å². The van der Waals surface area contributed by atoms with Crippen molar-refractivity contribution in [3.63, 3.8) is 0 Å². The highest BCUT2D eigenvalue weighted by Crippen LogP contribution is 2.47. The third kappa shape index (κ3) is 7.14. The van der Waals surface area contributed by atoms with Crippen molar-refractivity contribution in [3.05, 3.63) is 77.4 Å². The molecule has 4 nitrogen and oxygen atoms in total. The van der Waals surface area contributed by atoms with Crippen molar-refractivity contribution in [2.45, 2.75) is 75.8 Å². The number of benzene rings is 2. The number of rotatable bonds is 9. The summed E-state index contributed by atoms with van der Waals surface area (Å²) in [7, 11) is 0. The molecule has 3 fully saturated rings. The van der Waals surface area contributed by atoms with E-state index in [1.807, 2.05) is 12.1 Å². The molecular formula is C32H36F6O4. The van der Waals surface area contributed by atoms with E-state index >= 15 is 4.39 Å². The Hall–Kier alpha value is -2.56. The van der Waals surface area contributed by atoms with Gasteiger partial charge in [-0.25, -0.2) is 17.6 Å². The number of halogens is 6. The average molecular weight is 599 g/mol. The van der Waals surface area contributed by atoms with Gasteiger partial charge in [0.05, 0.1) is 25.7 Å². The summed E-state index contributed by atoms with van der Waals surface area (Å²) < 4.78 is 106. The van der Waals surface area contributed by atoms with Crippen LogP contribution in [0.5, 0.6) is 5.75 Å². The molecule has 0 atom stereocenters. The Morgan fingerprint density at radius 3 is 1.98 bits per heavy atom. The fourth-order valence-corrected chi connectivity index (χ4v) is 6.66. The maximum Gasteiger partial charge on any atom is 0.400 e. The molecule has 0 radical (unpaired) electrons. The normalized spacial score (nSPS) is 28.8. The highest BCUT2D eigenvalue weighted by molar-refractivity contribution is 5.29. The van der Waals surface area contributed by atoms with Crippen LogP contribution in [0.3, 0.4) is 0 Å². The van der Waals surface area contributed by atoms with Crippen molar-refractivity contribution >= 4 is 0 Å². The van der Waals surface area contributed by atoms with Crippen molar-refractivity contribution in [2.24, 2.45) is 17.8 Å². The molecule has 2 saturated carbocycles. The molecule has 42 heavy (non-hydrogen) atoms. The van der Waals surface area contributed by atoms with E-state index in [9.17, 15) is 22.0 Å². The van der Waals surface area contributed by atoms with E-state index in [0.717, 1.165) is 25.7 Å². The fraction of sp³-hybridized carbons (Fsp3) is 0.562. The van der Waals surface area contributed by atoms with Crippen LogP contribution >= 0.6 is 0 Å². The van der Waals surface area contributed by atoms with Gasteiger partial charge >= 0.3 is 6.11 Å². The molecule has 0 bridgehead atoms. The Morgan fingerprint density at radius 1 is 0.810 bits per heavy atom. The zero-order valence-electron chi connectivity index (χ0n) is 23.3. The van der Waals surface area contributed by atoms with Crippen LogP contribution in [0.25, 0.3) is 0 Å². The van der Waals surface area contributed by atoms with Crippen LogP contribution in [0.4, 0.5) is 26.3 Å². The largest absolute Gasteiger partial charge is 0.432 e. The van der Waals surface area contributed by atoms with Gasteiger partial charge < -0.3 is 18.9 Å². The van der Waals surface area contributed by atoms with E-state index in [0.29, 0.717) is 61.8 Å².